The van der Waals surface area contributed by atoms with Gasteiger partial charge >= 0.3 is 5.76 Å². The Hall–Kier alpha value is -3.15. The van der Waals surface area contributed by atoms with Gasteiger partial charge in [0.1, 0.15) is 0 Å². The predicted molar refractivity (Wildman–Crippen MR) is 87.2 cm³/mol. The summed E-state index contributed by atoms with van der Waals surface area (Å²) in [6, 6.07) is 19.1. The lowest BCUT2D eigenvalue weighted by Crippen LogP contribution is -2.23. The van der Waals surface area contributed by atoms with Gasteiger partial charge in [0.15, 0.2) is 0 Å². The van der Waals surface area contributed by atoms with Crippen molar-refractivity contribution in [2.75, 3.05) is 0 Å². The van der Waals surface area contributed by atoms with Gasteiger partial charge in [0, 0.05) is 0 Å². The summed E-state index contributed by atoms with van der Waals surface area (Å²) in [6.07, 6.45) is 0.462. The van der Waals surface area contributed by atoms with Crippen LogP contribution in [0.2, 0.25) is 0 Å². The number of aromatic nitrogens is 2. The molecule has 1 aromatic heterocycles. The number of hydrogen-bond donors (Lipinski definition) is 1. The number of hydrazone groups is 1. The maximum atomic E-state index is 12.0. The predicted octanol–water partition coefficient (Wildman–Crippen LogP) is 1.79. The van der Waals surface area contributed by atoms with Crippen LogP contribution in [-0.2, 0) is 13.0 Å². The highest BCUT2D eigenvalue weighted by atomic mass is 16.4. The summed E-state index contributed by atoms with van der Waals surface area (Å²) in [5.41, 5.74) is 2.43. The average molecular weight is 308 g/mol. The van der Waals surface area contributed by atoms with Crippen LogP contribution < -0.4 is 11.6 Å². The van der Waals surface area contributed by atoms with Gasteiger partial charge in [-0.1, -0.05) is 60.7 Å². The van der Waals surface area contributed by atoms with Crippen molar-refractivity contribution in [3.63, 3.8) is 0 Å². The number of benzene rings is 2. The Balaban J connectivity index is 1.80. The molecule has 0 radical (unpaired) electrons. The summed E-state index contributed by atoms with van der Waals surface area (Å²) < 4.78 is 6.43. The van der Waals surface area contributed by atoms with E-state index in [0.29, 0.717) is 18.0 Å². The molecule has 0 bridgehead atoms. The highest BCUT2D eigenvalue weighted by Gasteiger charge is 2.12. The van der Waals surface area contributed by atoms with Crippen LogP contribution in [0.1, 0.15) is 17.0 Å². The first-order valence-corrected chi connectivity index (χ1v) is 7.19. The Kier molecular flexibility index (Phi) is 4.33. The molecule has 116 valence electrons. The van der Waals surface area contributed by atoms with E-state index in [1.165, 1.54) is 4.68 Å². The van der Waals surface area contributed by atoms with E-state index in [0.717, 1.165) is 11.1 Å². The molecular formula is C17H16N4O2. The average Bonchev–Trinajstić information content (AvgIpc) is 2.93. The van der Waals surface area contributed by atoms with Crippen LogP contribution >= 0.6 is 0 Å². The topological polar surface area (TPSA) is 86.4 Å². The molecule has 0 fully saturated rings. The molecular weight excluding hydrogens is 292 g/mol. The molecule has 6 heteroatoms. The second kappa shape index (κ2) is 6.74. The molecule has 0 saturated carbocycles. The first kappa shape index (κ1) is 14.8. The van der Waals surface area contributed by atoms with Gasteiger partial charge in [-0.3, -0.25) is 0 Å². The van der Waals surface area contributed by atoms with Crippen LogP contribution in [0.4, 0.5) is 0 Å². The Morgan fingerprint density at radius 2 is 1.74 bits per heavy atom. The second-order valence-electron chi connectivity index (χ2n) is 5.02. The molecule has 2 N–H and O–H groups in total. The van der Waals surface area contributed by atoms with Crippen molar-refractivity contribution in [3.05, 3.63) is 88.2 Å². The molecule has 23 heavy (non-hydrogen) atoms. The van der Waals surface area contributed by atoms with Crippen LogP contribution in [0, 0.1) is 0 Å². The van der Waals surface area contributed by atoms with E-state index in [1.54, 1.807) is 0 Å². The van der Waals surface area contributed by atoms with Crippen molar-refractivity contribution in [2.45, 2.75) is 13.0 Å². The van der Waals surface area contributed by atoms with Crippen LogP contribution in [-0.4, -0.2) is 15.5 Å². The fourth-order valence-electron chi connectivity index (χ4n) is 2.27. The summed E-state index contributed by atoms with van der Waals surface area (Å²) in [4.78, 5) is 12.0. The van der Waals surface area contributed by atoms with Crippen molar-refractivity contribution >= 4 is 5.71 Å². The minimum atomic E-state index is -0.520. The third-order valence-electron chi connectivity index (χ3n) is 3.41. The fourth-order valence-corrected chi connectivity index (χ4v) is 2.27. The molecule has 2 aromatic carbocycles. The molecule has 3 aromatic rings. The third kappa shape index (κ3) is 3.55. The molecule has 0 aliphatic rings. The van der Waals surface area contributed by atoms with Crippen molar-refractivity contribution in [1.82, 2.24) is 9.78 Å². The highest BCUT2D eigenvalue weighted by Crippen LogP contribution is 2.06. The molecule has 0 amide bonds. The smallest absolute Gasteiger partial charge is 0.392 e. The lowest BCUT2D eigenvalue weighted by atomic mass is 10.1. The zero-order chi connectivity index (χ0) is 16.1. The first-order chi connectivity index (χ1) is 11.3. The van der Waals surface area contributed by atoms with E-state index in [-0.39, 0.29) is 6.54 Å². The van der Waals surface area contributed by atoms with Gasteiger partial charge in [0.05, 0.1) is 18.7 Å². The zero-order valence-electron chi connectivity index (χ0n) is 12.4. The Morgan fingerprint density at radius 3 is 2.39 bits per heavy atom. The molecule has 0 aliphatic heterocycles. The van der Waals surface area contributed by atoms with Crippen molar-refractivity contribution in [3.8, 4) is 0 Å². The van der Waals surface area contributed by atoms with Gasteiger partial charge in [-0.2, -0.15) is 9.78 Å². The van der Waals surface area contributed by atoms with Gasteiger partial charge in [-0.05, 0) is 11.1 Å². The molecule has 0 saturated heterocycles. The van der Waals surface area contributed by atoms with E-state index < -0.39 is 5.76 Å². The van der Waals surface area contributed by atoms with Gasteiger partial charge in [-0.25, -0.2) is 4.79 Å². The van der Waals surface area contributed by atoms with Crippen molar-refractivity contribution < 1.29 is 4.42 Å². The van der Waals surface area contributed by atoms with Crippen molar-refractivity contribution in [1.29, 1.82) is 0 Å². The van der Waals surface area contributed by atoms with E-state index in [1.807, 2.05) is 60.7 Å². The minimum absolute atomic E-state index is 0.164. The molecule has 0 spiro atoms. The molecule has 0 unspecified atom stereocenters. The van der Waals surface area contributed by atoms with Crippen LogP contribution in [0.25, 0.3) is 0 Å². The molecule has 3 rings (SSSR count). The maximum absolute atomic E-state index is 12.0. The van der Waals surface area contributed by atoms with Crippen LogP contribution in [0.3, 0.4) is 0 Å². The second-order valence-corrected chi connectivity index (χ2v) is 5.02. The minimum Gasteiger partial charge on any atom is -0.392 e. The highest BCUT2D eigenvalue weighted by molar-refractivity contribution is 6.00. The van der Waals surface area contributed by atoms with E-state index in [9.17, 15) is 4.79 Å². The molecule has 6 nitrogen and oxygen atoms in total. The van der Waals surface area contributed by atoms with Gasteiger partial charge in [-0.15, -0.1) is 5.10 Å². The molecule has 1 heterocycles. The lowest BCUT2D eigenvalue weighted by Gasteiger charge is -2.03. The first-order valence-electron chi connectivity index (χ1n) is 7.19. The number of nitrogens with zero attached hydrogens (tertiary/aromatic N) is 3. The summed E-state index contributed by atoms with van der Waals surface area (Å²) in [5.74, 6) is 5.29. The molecule has 0 atom stereocenters. The maximum Gasteiger partial charge on any atom is 0.437 e. The number of nitrogens with two attached hydrogens (primary N) is 1. The van der Waals surface area contributed by atoms with E-state index in [2.05, 4.69) is 10.2 Å². The zero-order valence-corrected chi connectivity index (χ0v) is 12.4. The van der Waals surface area contributed by atoms with Gasteiger partial charge < -0.3 is 10.3 Å². The Labute approximate surface area is 132 Å². The van der Waals surface area contributed by atoms with Gasteiger partial charge in [0.2, 0.25) is 5.89 Å². The largest absolute Gasteiger partial charge is 0.437 e. The monoisotopic (exact) mass is 308 g/mol. The van der Waals surface area contributed by atoms with Gasteiger partial charge in [0.25, 0.3) is 0 Å². The summed E-state index contributed by atoms with van der Waals surface area (Å²) in [6.45, 7) is 0.164. The Bertz CT molecular complexity index is 851. The number of rotatable bonds is 5. The lowest BCUT2D eigenvalue weighted by molar-refractivity contribution is 0.459. The normalized spacial score (nSPS) is 11.6. The summed E-state index contributed by atoms with van der Waals surface area (Å²) in [5, 5.41) is 7.98. The quantitative estimate of drug-likeness (QED) is 0.442. The summed E-state index contributed by atoms with van der Waals surface area (Å²) >= 11 is 0. The van der Waals surface area contributed by atoms with Crippen LogP contribution in [0.15, 0.2) is 75.0 Å². The SMILES string of the molecule is N/N=C(\Cn1nc(Cc2ccccc2)oc1=O)c1ccccc1. The van der Waals surface area contributed by atoms with Crippen LogP contribution in [0.5, 0.6) is 0 Å². The van der Waals surface area contributed by atoms with Crippen molar-refractivity contribution in [2.24, 2.45) is 10.9 Å². The number of hydrogen-bond acceptors (Lipinski definition) is 5. The standard InChI is InChI=1S/C17H16N4O2/c18-19-15(14-9-5-2-6-10-14)12-21-17(22)23-16(20-21)11-13-7-3-1-4-8-13/h1-10H,11-12,18H2/b19-15+. The summed E-state index contributed by atoms with van der Waals surface area (Å²) in [7, 11) is 0. The van der Waals surface area contributed by atoms with E-state index in [4.69, 9.17) is 10.3 Å². The molecule has 0 aliphatic carbocycles. The Morgan fingerprint density at radius 1 is 1.09 bits per heavy atom. The third-order valence-corrected chi connectivity index (χ3v) is 3.41. The van der Waals surface area contributed by atoms with E-state index >= 15 is 0 Å². The fraction of sp³-hybridized carbons (Fsp3) is 0.118.